The monoisotopic (exact) mass is 298 g/mol. The molecule has 0 aliphatic rings. The van der Waals surface area contributed by atoms with Crippen molar-refractivity contribution in [3.05, 3.63) is 36.0 Å². The minimum atomic E-state index is 0.107. The smallest absolute Gasteiger partial charge is 0.152 e. The van der Waals surface area contributed by atoms with Crippen LogP contribution in [-0.4, -0.2) is 37.7 Å². The van der Waals surface area contributed by atoms with Crippen molar-refractivity contribution in [1.29, 1.82) is 5.41 Å². The number of hydrogen-bond donors (Lipinski definition) is 3. The average molecular weight is 298 g/mol. The summed E-state index contributed by atoms with van der Waals surface area (Å²) in [4.78, 5) is 12.0. The molecule has 0 aliphatic heterocycles. The molecule has 6 heteroatoms. The van der Waals surface area contributed by atoms with Gasteiger partial charge in [0.1, 0.15) is 11.5 Å². The number of benzene rings is 1. The molecule has 116 valence electrons. The number of nitrogens with zero attached hydrogens (tertiary/aromatic N) is 3. The number of amidine groups is 2. The highest BCUT2D eigenvalue weighted by atomic mass is 15.0. The summed E-state index contributed by atoms with van der Waals surface area (Å²) in [5.74, 6) is 0.334. The van der Waals surface area contributed by atoms with Crippen molar-refractivity contribution in [2.45, 2.75) is 13.8 Å². The third-order valence-electron chi connectivity index (χ3n) is 2.95. The predicted molar refractivity (Wildman–Crippen MR) is 96.5 cm³/mol. The van der Waals surface area contributed by atoms with Gasteiger partial charge in [-0.05, 0) is 37.1 Å². The van der Waals surface area contributed by atoms with E-state index in [0.717, 1.165) is 16.8 Å². The van der Waals surface area contributed by atoms with Crippen molar-refractivity contribution in [3.63, 3.8) is 0 Å². The number of allylic oxidation sites excluding steroid dienone is 1. The first-order chi connectivity index (χ1) is 10.5. The van der Waals surface area contributed by atoms with Gasteiger partial charge in [0.15, 0.2) is 5.84 Å². The minimum absolute atomic E-state index is 0.107. The van der Waals surface area contributed by atoms with Crippen LogP contribution >= 0.6 is 0 Å². The van der Waals surface area contributed by atoms with E-state index in [1.807, 2.05) is 38.1 Å². The molecule has 1 rings (SSSR count). The van der Waals surface area contributed by atoms with Crippen LogP contribution in [0.2, 0.25) is 0 Å². The Bertz CT molecular complexity index is 652. The Morgan fingerprint density at radius 3 is 2.59 bits per heavy atom. The molecule has 0 aromatic heterocycles. The van der Waals surface area contributed by atoms with Crippen LogP contribution in [0.3, 0.4) is 0 Å². The molecule has 4 N–H and O–H groups in total. The van der Waals surface area contributed by atoms with Gasteiger partial charge in [-0.2, -0.15) is 0 Å². The molecule has 0 radical (unpaired) electrons. The fraction of sp³-hybridized carbons (Fsp3) is 0.250. The first kappa shape index (κ1) is 17.3. The first-order valence-corrected chi connectivity index (χ1v) is 6.83. The van der Waals surface area contributed by atoms with E-state index in [1.165, 1.54) is 0 Å². The number of nitrogens with one attached hydrogen (secondary N) is 2. The topological polar surface area (TPSA) is 99.0 Å². The fourth-order valence-corrected chi connectivity index (χ4v) is 1.77. The van der Waals surface area contributed by atoms with Gasteiger partial charge in [-0.3, -0.25) is 20.4 Å². The Morgan fingerprint density at radius 2 is 2.00 bits per heavy atom. The molecular formula is C16H22N6. The average Bonchev–Trinajstić information content (AvgIpc) is 2.53. The van der Waals surface area contributed by atoms with Crippen molar-refractivity contribution in [1.82, 2.24) is 0 Å². The van der Waals surface area contributed by atoms with E-state index in [0.29, 0.717) is 5.71 Å². The standard InChI is InChI=1S/C16H22N6/c1-5-21-10-11(2)12-7-6-8-13(9-12)22-16(18)14(19-3)15(17)20-4/h5-10H,1-4H3,(H2,17,20)(H2,18,22)/b11-10+,19-14+,21-5-. The summed E-state index contributed by atoms with van der Waals surface area (Å²) in [6, 6.07) is 7.72. The maximum Gasteiger partial charge on any atom is 0.152 e. The van der Waals surface area contributed by atoms with E-state index in [4.69, 9.17) is 11.1 Å². The number of nitrogens with two attached hydrogens (primary N) is 1. The van der Waals surface area contributed by atoms with Crippen molar-refractivity contribution in [3.8, 4) is 0 Å². The summed E-state index contributed by atoms with van der Waals surface area (Å²) in [6.07, 6.45) is 3.53. The van der Waals surface area contributed by atoms with Gasteiger partial charge >= 0.3 is 0 Å². The van der Waals surface area contributed by atoms with Crippen LogP contribution in [0, 0.1) is 5.41 Å². The lowest BCUT2D eigenvalue weighted by atomic mass is 10.1. The molecule has 0 saturated heterocycles. The van der Waals surface area contributed by atoms with Gasteiger partial charge in [-0.25, -0.2) is 0 Å². The molecule has 0 spiro atoms. The Labute approximate surface area is 131 Å². The second kappa shape index (κ2) is 8.51. The number of rotatable bonds is 5. The quantitative estimate of drug-likeness (QED) is 0.575. The van der Waals surface area contributed by atoms with Crippen molar-refractivity contribution in [2.75, 3.05) is 19.4 Å². The minimum Gasteiger partial charge on any atom is -0.382 e. The zero-order chi connectivity index (χ0) is 16.5. The third-order valence-corrected chi connectivity index (χ3v) is 2.95. The van der Waals surface area contributed by atoms with Gasteiger partial charge in [0.25, 0.3) is 0 Å². The predicted octanol–water partition coefficient (Wildman–Crippen LogP) is 2.59. The van der Waals surface area contributed by atoms with E-state index >= 15 is 0 Å². The lowest BCUT2D eigenvalue weighted by Gasteiger charge is -2.11. The molecule has 0 fully saturated rings. The lowest BCUT2D eigenvalue weighted by molar-refractivity contribution is 1.39. The zero-order valence-corrected chi connectivity index (χ0v) is 13.4. The van der Waals surface area contributed by atoms with E-state index < -0.39 is 0 Å². The van der Waals surface area contributed by atoms with Gasteiger partial charge in [0.2, 0.25) is 0 Å². The highest BCUT2D eigenvalue weighted by Crippen LogP contribution is 2.18. The van der Waals surface area contributed by atoms with Crippen LogP contribution in [0.25, 0.3) is 5.57 Å². The summed E-state index contributed by atoms with van der Waals surface area (Å²) in [6.45, 7) is 3.85. The van der Waals surface area contributed by atoms with Gasteiger partial charge < -0.3 is 11.1 Å². The summed E-state index contributed by atoms with van der Waals surface area (Å²) in [5.41, 5.74) is 8.89. The molecular weight excluding hydrogens is 276 g/mol. The summed E-state index contributed by atoms with van der Waals surface area (Å²) >= 11 is 0. The van der Waals surface area contributed by atoms with Crippen LogP contribution in [0.15, 0.2) is 45.4 Å². The molecule has 0 amide bonds. The Morgan fingerprint density at radius 1 is 1.27 bits per heavy atom. The van der Waals surface area contributed by atoms with Crippen LogP contribution in [0.1, 0.15) is 19.4 Å². The van der Waals surface area contributed by atoms with E-state index in [-0.39, 0.29) is 11.7 Å². The second-order valence-corrected chi connectivity index (χ2v) is 4.48. The third kappa shape index (κ3) is 4.66. The number of anilines is 1. The second-order valence-electron chi connectivity index (χ2n) is 4.48. The van der Waals surface area contributed by atoms with Crippen molar-refractivity contribution >= 4 is 34.9 Å². The molecule has 0 unspecified atom stereocenters. The van der Waals surface area contributed by atoms with Crippen molar-refractivity contribution < 1.29 is 0 Å². The summed E-state index contributed by atoms with van der Waals surface area (Å²) < 4.78 is 0. The zero-order valence-electron chi connectivity index (χ0n) is 13.4. The largest absolute Gasteiger partial charge is 0.382 e. The normalized spacial score (nSPS) is 13.5. The molecule has 0 saturated carbocycles. The molecule has 6 nitrogen and oxygen atoms in total. The first-order valence-electron chi connectivity index (χ1n) is 6.83. The highest BCUT2D eigenvalue weighted by Gasteiger charge is 2.11. The lowest BCUT2D eigenvalue weighted by Crippen LogP contribution is -2.34. The van der Waals surface area contributed by atoms with Crippen molar-refractivity contribution in [2.24, 2.45) is 20.7 Å². The Hall–Kier alpha value is -2.76. The molecule has 0 atom stereocenters. The van der Waals surface area contributed by atoms with Crippen LogP contribution in [0.4, 0.5) is 5.69 Å². The molecule has 0 heterocycles. The molecule has 22 heavy (non-hydrogen) atoms. The van der Waals surface area contributed by atoms with Crippen LogP contribution in [0.5, 0.6) is 0 Å². The van der Waals surface area contributed by atoms with E-state index in [2.05, 4.69) is 20.3 Å². The summed E-state index contributed by atoms with van der Waals surface area (Å²) in [5, 5.41) is 11.1. The fourth-order valence-electron chi connectivity index (χ4n) is 1.77. The van der Waals surface area contributed by atoms with Crippen LogP contribution < -0.4 is 11.1 Å². The van der Waals surface area contributed by atoms with Gasteiger partial charge in [0.05, 0.1) is 0 Å². The van der Waals surface area contributed by atoms with E-state index in [1.54, 1.807) is 26.5 Å². The van der Waals surface area contributed by atoms with Gasteiger partial charge in [-0.15, -0.1) is 0 Å². The van der Waals surface area contributed by atoms with E-state index in [9.17, 15) is 0 Å². The van der Waals surface area contributed by atoms with Crippen LogP contribution in [-0.2, 0) is 0 Å². The Kier molecular flexibility index (Phi) is 6.69. The maximum absolute atomic E-state index is 8.06. The van der Waals surface area contributed by atoms with Gasteiger partial charge in [0, 0.05) is 32.2 Å². The highest BCUT2D eigenvalue weighted by molar-refractivity contribution is 6.68. The molecule has 1 aromatic rings. The molecule has 1 aromatic carbocycles. The summed E-state index contributed by atoms with van der Waals surface area (Å²) in [7, 11) is 3.15. The number of hydrogen-bond acceptors (Lipinski definition) is 4. The van der Waals surface area contributed by atoms with Gasteiger partial charge in [-0.1, -0.05) is 12.1 Å². The molecule has 0 aliphatic carbocycles. The number of aliphatic imine (C=N–C) groups is 3. The Balaban J connectivity index is 2.98. The molecule has 0 bridgehead atoms. The maximum atomic E-state index is 8.06. The SMILES string of the molecule is C/C=N\C=C(/C)c1cccc(NC(=N)C(=N/C)/C(N)=N\C)c1.